The summed E-state index contributed by atoms with van der Waals surface area (Å²) in [6, 6.07) is 3.61. The lowest BCUT2D eigenvalue weighted by Crippen LogP contribution is -1.99. The first kappa shape index (κ1) is 14.1. The number of hydrogen-bond donors (Lipinski definition) is 0. The van der Waals surface area contributed by atoms with E-state index in [2.05, 4.69) is 0 Å². The van der Waals surface area contributed by atoms with Gasteiger partial charge in [-0.25, -0.2) is 4.39 Å². The van der Waals surface area contributed by atoms with E-state index in [1.807, 2.05) is 20.8 Å². The number of furan rings is 1. The van der Waals surface area contributed by atoms with Crippen molar-refractivity contribution in [3.63, 3.8) is 0 Å². The summed E-state index contributed by atoms with van der Waals surface area (Å²) in [6.45, 7) is 9.36. The predicted octanol–water partition coefficient (Wildman–Crippen LogP) is 5.29. The van der Waals surface area contributed by atoms with Crippen LogP contribution in [0.15, 0.2) is 16.5 Å². The third-order valence-electron chi connectivity index (χ3n) is 3.62. The zero-order valence-electron chi connectivity index (χ0n) is 11.9. The molecule has 1 aromatic heterocycles. The highest BCUT2D eigenvalue weighted by molar-refractivity contribution is 6.22. The van der Waals surface area contributed by atoms with Gasteiger partial charge in [-0.15, -0.1) is 11.6 Å². The molecule has 1 heterocycles. The van der Waals surface area contributed by atoms with Crippen LogP contribution in [0, 0.1) is 40.4 Å². The normalized spacial score (nSPS) is 12.8. The average Bonchev–Trinajstić information content (AvgIpc) is 2.59. The molecule has 1 atom stereocenters. The van der Waals surface area contributed by atoms with E-state index < -0.39 is 0 Å². The van der Waals surface area contributed by atoms with E-state index in [0.29, 0.717) is 11.1 Å². The van der Waals surface area contributed by atoms with Crippen molar-refractivity contribution in [3.05, 3.63) is 57.3 Å². The molecule has 1 nitrogen and oxygen atoms in total. The second kappa shape index (κ2) is 5.01. The minimum Gasteiger partial charge on any atom is -0.466 e. The maximum Gasteiger partial charge on any atom is 0.129 e. The molecular formula is C16H18ClFO. The number of alkyl halides is 1. The van der Waals surface area contributed by atoms with Crippen molar-refractivity contribution in [1.29, 1.82) is 0 Å². The molecule has 0 radical (unpaired) electrons. The molecule has 0 fully saturated rings. The molecule has 0 spiro atoms. The maximum absolute atomic E-state index is 13.7. The molecule has 2 aromatic rings. The van der Waals surface area contributed by atoms with Gasteiger partial charge in [-0.1, -0.05) is 12.1 Å². The first-order valence-corrected chi connectivity index (χ1v) is 6.73. The van der Waals surface area contributed by atoms with Crippen LogP contribution in [0.4, 0.5) is 4.39 Å². The van der Waals surface area contributed by atoms with Gasteiger partial charge < -0.3 is 4.42 Å². The molecule has 1 aromatic carbocycles. The van der Waals surface area contributed by atoms with Gasteiger partial charge in [0.15, 0.2) is 0 Å². The van der Waals surface area contributed by atoms with Crippen LogP contribution in [-0.2, 0) is 0 Å². The molecule has 2 rings (SSSR count). The van der Waals surface area contributed by atoms with E-state index in [1.165, 1.54) is 0 Å². The highest BCUT2D eigenvalue weighted by Crippen LogP contribution is 2.37. The average molecular weight is 281 g/mol. The number of halogens is 2. The van der Waals surface area contributed by atoms with Crippen LogP contribution in [0.2, 0.25) is 0 Å². The van der Waals surface area contributed by atoms with Gasteiger partial charge in [0.05, 0.1) is 5.38 Å². The Morgan fingerprint density at radius 2 is 1.53 bits per heavy atom. The maximum atomic E-state index is 13.7. The van der Waals surface area contributed by atoms with Gasteiger partial charge in [-0.2, -0.15) is 0 Å². The van der Waals surface area contributed by atoms with E-state index in [0.717, 1.165) is 28.2 Å². The zero-order valence-corrected chi connectivity index (χ0v) is 12.7. The molecule has 0 aliphatic rings. The second-order valence-electron chi connectivity index (χ2n) is 5.08. The molecule has 102 valence electrons. The van der Waals surface area contributed by atoms with Gasteiger partial charge in [-0.05, 0) is 56.9 Å². The molecule has 0 aliphatic carbocycles. The minimum absolute atomic E-state index is 0.163. The number of benzene rings is 1. The minimum atomic E-state index is -0.310. The molecule has 19 heavy (non-hydrogen) atoms. The van der Waals surface area contributed by atoms with E-state index >= 15 is 0 Å². The monoisotopic (exact) mass is 280 g/mol. The van der Waals surface area contributed by atoms with Gasteiger partial charge in [0.25, 0.3) is 0 Å². The van der Waals surface area contributed by atoms with Crippen LogP contribution in [0.5, 0.6) is 0 Å². The Morgan fingerprint density at radius 3 is 1.95 bits per heavy atom. The lowest BCUT2D eigenvalue weighted by molar-refractivity contribution is 0.500. The Labute approximate surface area is 118 Å². The third-order valence-corrected chi connectivity index (χ3v) is 4.09. The van der Waals surface area contributed by atoms with Crippen LogP contribution in [-0.4, -0.2) is 0 Å². The first-order chi connectivity index (χ1) is 8.82. The van der Waals surface area contributed by atoms with E-state index in [4.69, 9.17) is 16.0 Å². The summed E-state index contributed by atoms with van der Waals surface area (Å²) in [5.41, 5.74) is 4.21. The largest absolute Gasteiger partial charge is 0.466 e. The van der Waals surface area contributed by atoms with Crippen molar-refractivity contribution < 1.29 is 8.81 Å². The standard InChI is InChI=1S/C16H18ClFO/c1-8-6-13(7-9(2)16(8)18)15(17)14-10(3)11(4)19-12(14)5/h6-7,15H,1-5H3. The van der Waals surface area contributed by atoms with Crippen molar-refractivity contribution in [3.8, 4) is 0 Å². The molecule has 0 saturated heterocycles. The van der Waals surface area contributed by atoms with Crippen molar-refractivity contribution in [1.82, 2.24) is 0 Å². The summed E-state index contributed by atoms with van der Waals surface area (Å²) in [5, 5.41) is -0.310. The van der Waals surface area contributed by atoms with Crippen molar-refractivity contribution >= 4 is 11.6 Å². The fourth-order valence-electron chi connectivity index (χ4n) is 2.48. The molecule has 3 heteroatoms. The molecule has 0 aliphatic heterocycles. The summed E-state index contributed by atoms with van der Waals surface area (Å²) in [4.78, 5) is 0. The smallest absolute Gasteiger partial charge is 0.129 e. The van der Waals surface area contributed by atoms with Crippen molar-refractivity contribution in [2.24, 2.45) is 0 Å². The molecule has 0 saturated carbocycles. The molecule has 1 unspecified atom stereocenters. The SMILES string of the molecule is Cc1cc(C(Cl)c2c(C)oc(C)c2C)cc(C)c1F. The molecule has 0 N–H and O–H groups in total. The van der Waals surface area contributed by atoms with Gasteiger partial charge in [-0.3, -0.25) is 0 Å². The van der Waals surface area contributed by atoms with Gasteiger partial charge in [0, 0.05) is 5.56 Å². The topological polar surface area (TPSA) is 13.1 Å². The third kappa shape index (κ3) is 2.42. The summed E-state index contributed by atoms with van der Waals surface area (Å²) in [7, 11) is 0. The van der Waals surface area contributed by atoms with Gasteiger partial charge >= 0.3 is 0 Å². The lowest BCUT2D eigenvalue weighted by Gasteiger charge is -2.13. The van der Waals surface area contributed by atoms with Crippen molar-refractivity contribution in [2.75, 3.05) is 0 Å². The highest BCUT2D eigenvalue weighted by atomic mass is 35.5. The molecule has 0 amide bonds. The predicted molar refractivity (Wildman–Crippen MR) is 76.5 cm³/mol. The number of rotatable bonds is 2. The summed E-state index contributed by atoms with van der Waals surface area (Å²) in [6.07, 6.45) is 0. The van der Waals surface area contributed by atoms with Gasteiger partial charge in [0.1, 0.15) is 17.3 Å². The van der Waals surface area contributed by atoms with E-state index in [1.54, 1.807) is 26.0 Å². The molecular weight excluding hydrogens is 263 g/mol. The summed E-state index contributed by atoms with van der Waals surface area (Å²) < 4.78 is 19.3. The van der Waals surface area contributed by atoms with E-state index in [-0.39, 0.29) is 11.2 Å². The van der Waals surface area contributed by atoms with Crippen LogP contribution in [0.25, 0.3) is 0 Å². The van der Waals surface area contributed by atoms with Crippen LogP contribution >= 0.6 is 11.6 Å². The Bertz CT molecular complexity index is 605. The second-order valence-corrected chi connectivity index (χ2v) is 5.52. The Balaban J connectivity index is 2.53. The lowest BCUT2D eigenvalue weighted by atomic mass is 9.97. The van der Waals surface area contributed by atoms with E-state index in [9.17, 15) is 4.39 Å². The summed E-state index contributed by atoms with van der Waals surface area (Å²) >= 11 is 6.57. The van der Waals surface area contributed by atoms with Crippen LogP contribution in [0.1, 0.15) is 44.7 Å². The van der Waals surface area contributed by atoms with Crippen LogP contribution in [0.3, 0.4) is 0 Å². The first-order valence-electron chi connectivity index (χ1n) is 6.30. The molecule has 0 bridgehead atoms. The van der Waals surface area contributed by atoms with Crippen LogP contribution < -0.4 is 0 Å². The Morgan fingerprint density at radius 1 is 1.00 bits per heavy atom. The Kier molecular flexibility index (Phi) is 3.73. The zero-order chi connectivity index (χ0) is 14.3. The Hall–Kier alpha value is -1.28. The quantitative estimate of drug-likeness (QED) is 0.681. The number of hydrogen-bond acceptors (Lipinski definition) is 1. The fourth-order valence-corrected chi connectivity index (χ4v) is 2.92. The highest BCUT2D eigenvalue weighted by Gasteiger charge is 2.21. The summed E-state index contributed by atoms with van der Waals surface area (Å²) in [5.74, 6) is 1.55. The fraction of sp³-hybridized carbons (Fsp3) is 0.375. The van der Waals surface area contributed by atoms with Gasteiger partial charge in [0.2, 0.25) is 0 Å². The number of aryl methyl sites for hydroxylation is 4. The van der Waals surface area contributed by atoms with Crippen molar-refractivity contribution in [2.45, 2.75) is 40.0 Å².